The van der Waals surface area contributed by atoms with Crippen LogP contribution < -0.4 is 0 Å². The highest BCUT2D eigenvalue weighted by Crippen LogP contribution is 2.47. The molecule has 0 aliphatic rings. The zero-order valence-corrected chi connectivity index (χ0v) is 38.0. The lowest BCUT2D eigenvalue weighted by Crippen LogP contribution is -2.17. The number of aromatic nitrogens is 5. The molecule has 0 bridgehead atoms. The number of pyridine rings is 1. The van der Waals surface area contributed by atoms with E-state index in [9.17, 15) is 44.8 Å². The molecule has 0 spiro atoms. The van der Waals surface area contributed by atoms with E-state index in [0.29, 0.717) is 71.0 Å². The van der Waals surface area contributed by atoms with E-state index in [1.807, 2.05) is 18.2 Å². The van der Waals surface area contributed by atoms with E-state index in [1.54, 1.807) is 109 Å². The molecule has 12 rings (SSSR count). The van der Waals surface area contributed by atoms with Crippen molar-refractivity contribution in [2.24, 2.45) is 0 Å². The van der Waals surface area contributed by atoms with Gasteiger partial charge in [0.05, 0.1) is 55.3 Å². The molecule has 73 heavy (non-hydrogen) atoms. The molecule has 0 aliphatic heterocycles. The topological polar surface area (TPSA) is 56.4 Å². The first kappa shape index (κ1) is 45.1. The molecule has 358 valence electrons. The van der Waals surface area contributed by atoms with Crippen molar-refractivity contribution in [1.82, 2.24) is 23.3 Å². The average Bonchev–Trinajstić information content (AvgIpc) is 4.08. The number of nitriles is 1. The summed E-state index contributed by atoms with van der Waals surface area (Å²) >= 11 is 0. The van der Waals surface area contributed by atoms with Crippen LogP contribution in [0.25, 0.3) is 105 Å². The van der Waals surface area contributed by atoms with E-state index in [4.69, 9.17) is 4.98 Å². The molecule has 0 radical (unpaired) electrons. The fourth-order valence-corrected chi connectivity index (χ4v) is 10.6. The zero-order chi connectivity index (χ0) is 50.9. The zero-order valence-electron chi connectivity index (χ0n) is 38.0. The number of fused-ring (bicyclic) bond motifs is 10. The van der Waals surface area contributed by atoms with Crippen LogP contribution in [0.15, 0.2) is 170 Å². The maximum absolute atomic E-state index is 14.9. The maximum atomic E-state index is 14.9. The Morgan fingerprint density at radius 1 is 0.452 bits per heavy atom. The number of hydrogen-bond donors (Lipinski definition) is 0. The number of halogens is 9. The Hall–Kier alpha value is -9.03. The standard InChI is InChI=1S/C58H33F9N6/c1-3-4-13-36-32(2)70(45-18-9-5-14-37(36)45)54-52(71-46-19-10-6-15-38(46)41-25-22-33(28-49(41)71)56(59,60)61)44(31-68)53(72-47-20-11-7-16-39(47)42-26-23-34(29-50(42)72)57(62,63)64)55(69-54)73-48-21-12-8-17-40(48)43-27-24-35(30-51(43)73)58(65,66)67/h3-30H,1H2,2H3/b13-4-. The summed E-state index contributed by atoms with van der Waals surface area (Å²) < 4.78 is 140. The molecule has 15 heteroatoms. The van der Waals surface area contributed by atoms with Crippen LogP contribution >= 0.6 is 0 Å². The van der Waals surface area contributed by atoms with Gasteiger partial charge in [-0.2, -0.15) is 44.8 Å². The minimum absolute atomic E-state index is 0.000475. The molecule has 0 unspecified atom stereocenters. The second-order valence-corrected chi connectivity index (χ2v) is 17.6. The van der Waals surface area contributed by atoms with Crippen molar-refractivity contribution < 1.29 is 39.5 Å². The number of alkyl halides is 9. The first-order valence-electron chi connectivity index (χ1n) is 22.7. The first-order valence-corrected chi connectivity index (χ1v) is 22.7. The van der Waals surface area contributed by atoms with Crippen molar-refractivity contribution in [3.63, 3.8) is 0 Å². The highest BCUT2D eigenvalue weighted by molar-refractivity contribution is 6.13. The van der Waals surface area contributed by atoms with Gasteiger partial charge in [0.25, 0.3) is 0 Å². The van der Waals surface area contributed by atoms with E-state index >= 15 is 0 Å². The number of hydrogen-bond acceptors (Lipinski definition) is 2. The van der Waals surface area contributed by atoms with Gasteiger partial charge < -0.3 is 9.13 Å². The van der Waals surface area contributed by atoms with E-state index < -0.39 is 35.2 Å². The van der Waals surface area contributed by atoms with Crippen molar-refractivity contribution in [2.75, 3.05) is 0 Å². The molecule has 5 aromatic heterocycles. The summed E-state index contributed by atoms with van der Waals surface area (Å²) in [4.78, 5) is 5.54. The molecule has 0 amide bonds. The van der Waals surface area contributed by atoms with Crippen molar-refractivity contribution in [1.29, 1.82) is 5.26 Å². The van der Waals surface area contributed by atoms with Crippen molar-refractivity contribution in [2.45, 2.75) is 25.5 Å². The number of para-hydroxylation sites is 4. The Kier molecular flexibility index (Phi) is 9.89. The quantitative estimate of drug-likeness (QED) is 0.123. The summed E-state index contributed by atoms with van der Waals surface area (Å²) in [5.41, 5.74) is -0.820. The lowest BCUT2D eigenvalue weighted by molar-refractivity contribution is -0.138. The Morgan fingerprint density at radius 3 is 1.19 bits per heavy atom. The third-order valence-electron chi connectivity index (χ3n) is 13.7. The average molecular weight is 985 g/mol. The molecule has 5 heterocycles. The van der Waals surface area contributed by atoms with Gasteiger partial charge in [-0.15, -0.1) is 0 Å². The van der Waals surface area contributed by atoms with Crippen LogP contribution in [0.1, 0.15) is 33.5 Å². The number of nitrogens with zero attached hydrogens (tertiary/aromatic N) is 6. The maximum Gasteiger partial charge on any atom is 0.416 e. The molecule has 0 N–H and O–H groups in total. The Morgan fingerprint density at radius 2 is 0.795 bits per heavy atom. The predicted molar refractivity (Wildman–Crippen MR) is 268 cm³/mol. The molecule has 12 aromatic rings. The minimum atomic E-state index is -4.85. The molecule has 6 nitrogen and oxygen atoms in total. The third kappa shape index (κ3) is 6.77. The smallest absolute Gasteiger partial charge is 0.305 e. The second-order valence-electron chi connectivity index (χ2n) is 17.6. The summed E-state index contributed by atoms with van der Waals surface area (Å²) in [5, 5.41) is 15.4. The Balaban J connectivity index is 1.40. The van der Waals surface area contributed by atoms with Crippen LogP contribution in [0.2, 0.25) is 0 Å². The van der Waals surface area contributed by atoms with Crippen molar-refractivity contribution in [3.05, 3.63) is 204 Å². The molecule has 0 saturated carbocycles. The van der Waals surface area contributed by atoms with Crippen LogP contribution in [0, 0.1) is 18.3 Å². The monoisotopic (exact) mass is 984 g/mol. The minimum Gasteiger partial charge on any atom is -0.305 e. The van der Waals surface area contributed by atoms with Gasteiger partial charge in [-0.25, -0.2) is 4.98 Å². The van der Waals surface area contributed by atoms with Gasteiger partial charge in [-0.3, -0.25) is 9.13 Å². The van der Waals surface area contributed by atoms with E-state index in [0.717, 1.165) is 36.4 Å². The lowest BCUT2D eigenvalue weighted by atomic mass is 10.1. The summed E-state index contributed by atoms with van der Waals surface area (Å²) in [7, 11) is 0. The van der Waals surface area contributed by atoms with Gasteiger partial charge in [0.1, 0.15) is 23.0 Å². The molecule has 0 fully saturated rings. The SMILES string of the molecule is C=C/C=C\c1c(C)n(-c2nc(-n3c4ccccc4c4ccc(C(F)(F)F)cc43)c(-n3c4ccccc4c4ccc(C(F)(F)F)cc43)c(C#N)c2-n2c3ccccc3c3ccc(C(F)(F)F)cc32)c2ccccc12. The Labute approximate surface area is 407 Å². The van der Waals surface area contributed by atoms with Gasteiger partial charge in [0.15, 0.2) is 11.6 Å². The number of benzene rings is 7. The van der Waals surface area contributed by atoms with Crippen molar-refractivity contribution in [3.8, 4) is 29.1 Å². The third-order valence-corrected chi connectivity index (χ3v) is 13.7. The Bertz CT molecular complexity index is 4390. The molecule has 7 aromatic carbocycles. The number of allylic oxidation sites excluding steroid dienone is 2. The van der Waals surface area contributed by atoms with E-state index in [-0.39, 0.29) is 45.1 Å². The molecule has 0 aliphatic carbocycles. The largest absolute Gasteiger partial charge is 0.416 e. The van der Waals surface area contributed by atoms with E-state index in [1.165, 1.54) is 31.9 Å². The summed E-state index contributed by atoms with van der Waals surface area (Å²) in [5.74, 6) is -0.199. The fraction of sp³-hybridized carbons (Fsp3) is 0.0690. The second kappa shape index (κ2) is 16.0. The highest BCUT2D eigenvalue weighted by atomic mass is 19.4. The van der Waals surface area contributed by atoms with Crippen LogP contribution in [0.4, 0.5) is 39.5 Å². The fourth-order valence-electron chi connectivity index (χ4n) is 10.6. The summed E-state index contributed by atoms with van der Waals surface area (Å²) in [6.07, 6.45) is -9.38. The first-order chi connectivity index (χ1) is 35.0. The van der Waals surface area contributed by atoms with Gasteiger partial charge in [-0.05, 0) is 67.6 Å². The van der Waals surface area contributed by atoms with Gasteiger partial charge >= 0.3 is 18.5 Å². The molecular weight excluding hydrogens is 952 g/mol. The lowest BCUT2D eigenvalue weighted by Gasteiger charge is -2.24. The number of rotatable bonds is 6. The predicted octanol–water partition coefficient (Wildman–Crippen LogP) is 16.8. The van der Waals surface area contributed by atoms with Crippen LogP contribution in [-0.4, -0.2) is 23.3 Å². The van der Waals surface area contributed by atoms with Crippen LogP contribution in [0.3, 0.4) is 0 Å². The van der Waals surface area contributed by atoms with Crippen LogP contribution in [0.5, 0.6) is 0 Å². The summed E-state index contributed by atoms with van der Waals surface area (Å²) in [6.45, 7) is 5.64. The van der Waals surface area contributed by atoms with E-state index in [2.05, 4.69) is 12.6 Å². The molecule has 0 atom stereocenters. The van der Waals surface area contributed by atoms with Crippen LogP contribution in [-0.2, 0) is 18.5 Å². The normalized spacial score (nSPS) is 12.8. The van der Waals surface area contributed by atoms with Gasteiger partial charge in [0, 0.05) is 49.0 Å². The van der Waals surface area contributed by atoms with Gasteiger partial charge in [-0.1, -0.05) is 116 Å². The molecule has 0 saturated heterocycles. The molecular formula is C58H33F9N6. The summed E-state index contributed by atoms with van der Waals surface area (Å²) in [6, 6.07) is 39.7. The van der Waals surface area contributed by atoms with Crippen molar-refractivity contribution >= 4 is 82.4 Å². The highest BCUT2D eigenvalue weighted by Gasteiger charge is 2.37. The van der Waals surface area contributed by atoms with Gasteiger partial charge in [0.2, 0.25) is 0 Å².